The quantitative estimate of drug-likeness (QED) is 0.562. The van der Waals surface area contributed by atoms with Crippen molar-refractivity contribution in [1.29, 1.82) is 0 Å². The summed E-state index contributed by atoms with van der Waals surface area (Å²) in [5, 5.41) is 18.4. The molecule has 4 rings (SSSR count). The largest absolute Gasteiger partial charge is 0.481 e. The molecule has 0 aromatic carbocycles. The summed E-state index contributed by atoms with van der Waals surface area (Å²) in [7, 11) is 0. The topological polar surface area (TPSA) is 57.5 Å². The van der Waals surface area contributed by atoms with Crippen molar-refractivity contribution >= 4 is 5.97 Å². The van der Waals surface area contributed by atoms with Gasteiger partial charge in [-0.2, -0.15) is 0 Å². The van der Waals surface area contributed by atoms with Crippen LogP contribution < -0.4 is 0 Å². The van der Waals surface area contributed by atoms with Crippen LogP contribution in [0.15, 0.2) is 0 Å². The van der Waals surface area contributed by atoms with Gasteiger partial charge in [0.05, 0.1) is 11.5 Å². The predicted octanol–water partition coefficient (Wildman–Crippen LogP) is 0.0879. The van der Waals surface area contributed by atoms with Crippen LogP contribution in [0.4, 0.5) is 0 Å². The van der Waals surface area contributed by atoms with Gasteiger partial charge in [0.15, 0.2) is 0 Å². The van der Waals surface area contributed by atoms with Gasteiger partial charge >= 0.3 is 5.97 Å². The maximum absolute atomic E-state index is 10.8. The Bertz CT molecular complexity index is 250. The Balaban J connectivity index is 2.04. The van der Waals surface area contributed by atoms with Crippen LogP contribution in [0.3, 0.4) is 0 Å². The highest BCUT2D eigenvalue weighted by molar-refractivity contribution is 5.81. The molecule has 5 atom stereocenters. The Morgan fingerprint density at radius 1 is 1.55 bits per heavy atom. The molecule has 4 aliphatic carbocycles. The van der Waals surface area contributed by atoms with Gasteiger partial charge < -0.3 is 10.2 Å². The second-order valence-electron chi connectivity index (χ2n) is 4.17. The molecule has 11 heavy (non-hydrogen) atoms. The summed E-state index contributed by atoms with van der Waals surface area (Å²) < 4.78 is 0. The summed E-state index contributed by atoms with van der Waals surface area (Å²) in [6.45, 7) is 0. The van der Waals surface area contributed by atoms with Crippen molar-refractivity contribution in [3.05, 3.63) is 0 Å². The van der Waals surface area contributed by atoms with Gasteiger partial charge in [-0.1, -0.05) is 0 Å². The third-order valence-corrected chi connectivity index (χ3v) is 3.99. The highest BCUT2D eigenvalue weighted by Crippen LogP contribution is 2.78. The molecule has 2 unspecified atom stereocenters. The molecule has 3 heteroatoms. The standard InChI is InChI=1S/C8H10O3/c9-6-3-1-4-5(6)8(4,2-3)7(10)11/h3-6,9H,1-2H2,(H,10,11)/t3-,4+,5?,6?,8+/m0/s1. The lowest BCUT2D eigenvalue weighted by Gasteiger charge is -2.03. The molecule has 0 amide bonds. The van der Waals surface area contributed by atoms with E-state index in [0.717, 1.165) is 12.8 Å². The molecule has 0 radical (unpaired) electrons. The van der Waals surface area contributed by atoms with Gasteiger partial charge in [0, 0.05) is 5.92 Å². The Labute approximate surface area is 64.0 Å². The third kappa shape index (κ3) is 0.392. The van der Waals surface area contributed by atoms with E-state index in [1.165, 1.54) is 0 Å². The molecule has 2 N–H and O–H groups in total. The van der Waals surface area contributed by atoms with Crippen molar-refractivity contribution in [3.63, 3.8) is 0 Å². The van der Waals surface area contributed by atoms with E-state index < -0.39 is 11.4 Å². The van der Waals surface area contributed by atoms with Crippen LogP contribution in [0.25, 0.3) is 0 Å². The van der Waals surface area contributed by atoms with Crippen molar-refractivity contribution in [1.82, 2.24) is 0 Å². The van der Waals surface area contributed by atoms with Gasteiger partial charge in [0.1, 0.15) is 0 Å². The Morgan fingerprint density at radius 3 is 2.45 bits per heavy atom. The van der Waals surface area contributed by atoms with Crippen LogP contribution in [-0.2, 0) is 4.79 Å². The average Bonchev–Trinajstić information content (AvgIpc) is 2.32. The van der Waals surface area contributed by atoms with E-state index in [-0.39, 0.29) is 12.0 Å². The molecule has 4 saturated carbocycles. The van der Waals surface area contributed by atoms with Gasteiger partial charge in [-0.3, -0.25) is 4.79 Å². The van der Waals surface area contributed by atoms with E-state index in [0.29, 0.717) is 11.8 Å². The molecule has 4 aliphatic rings. The lowest BCUT2D eigenvalue weighted by atomic mass is 10.1. The van der Waals surface area contributed by atoms with Crippen LogP contribution in [-0.4, -0.2) is 22.3 Å². The zero-order chi connectivity index (χ0) is 7.80. The summed E-state index contributed by atoms with van der Waals surface area (Å²) in [6, 6.07) is 0. The van der Waals surface area contributed by atoms with E-state index in [4.69, 9.17) is 5.11 Å². The number of hydrogen-bond donors (Lipinski definition) is 2. The molecule has 0 heterocycles. The normalized spacial score (nSPS) is 63.4. The third-order valence-electron chi connectivity index (χ3n) is 3.99. The number of aliphatic hydroxyl groups is 1. The fourth-order valence-electron chi connectivity index (χ4n) is 3.52. The van der Waals surface area contributed by atoms with Crippen molar-refractivity contribution in [2.24, 2.45) is 23.2 Å². The van der Waals surface area contributed by atoms with Crippen LogP contribution in [0.1, 0.15) is 12.8 Å². The smallest absolute Gasteiger partial charge is 0.310 e. The minimum atomic E-state index is -0.674. The lowest BCUT2D eigenvalue weighted by Crippen LogP contribution is -2.15. The van der Waals surface area contributed by atoms with Crippen molar-refractivity contribution in [2.75, 3.05) is 0 Å². The highest BCUT2D eigenvalue weighted by atomic mass is 16.4. The van der Waals surface area contributed by atoms with Gasteiger partial charge in [-0.05, 0) is 24.7 Å². The summed E-state index contributed by atoms with van der Waals surface area (Å²) in [6.07, 6.45) is 1.40. The Kier molecular flexibility index (Phi) is 0.727. The molecule has 0 saturated heterocycles. The lowest BCUT2D eigenvalue weighted by molar-refractivity contribution is -0.144. The molecule has 60 valence electrons. The molecule has 4 bridgehead atoms. The van der Waals surface area contributed by atoms with Gasteiger partial charge in [-0.25, -0.2) is 0 Å². The number of carbonyl (C=O) groups is 1. The second-order valence-corrected chi connectivity index (χ2v) is 4.17. The first-order valence-corrected chi connectivity index (χ1v) is 4.09. The highest BCUT2D eigenvalue weighted by Gasteiger charge is 2.82. The molecule has 0 aliphatic heterocycles. The number of aliphatic carboxylic acids is 1. The van der Waals surface area contributed by atoms with Gasteiger partial charge in [0.25, 0.3) is 0 Å². The SMILES string of the molecule is O=C(O)[C@]12C[C@@H]3C[C@@H]1C2C3O. The summed E-state index contributed by atoms with van der Waals surface area (Å²) >= 11 is 0. The minimum Gasteiger partial charge on any atom is -0.481 e. The van der Waals surface area contributed by atoms with Gasteiger partial charge in [0.2, 0.25) is 0 Å². The predicted molar refractivity (Wildman–Crippen MR) is 35.8 cm³/mol. The van der Waals surface area contributed by atoms with E-state index in [1.807, 2.05) is 0 Å². The van der Waals surface area contributed by atoms with Crippen LogP contribution in [0.2, 0.25) is 0 Å². The number of aliphatic hydroxyl groups excluding tert-OH is 1. The average molecular weight is 154 g/mol. The number of carboxylic acids is 1. The number of rotatable bonds is 1. The van der Waals surface area contributed by atoms with E-state index >= 15 is 0 Å². The Hall–Kier alpha value is -0.570. The van der Waals surface area contributed by atoms with Crippen LogP contribution >= 0.6 is 0 Å². The molecule has 0 aromatic heterocycles. The van der Waals surface area contributed by atoms with Crippen molar-refractivity contribution in [3.8, 4) is 0 Å². The molecule has 4 fully saturated rings. The van der Waals surface area contributed by atoms with E-state index in [9.17, 15) is 9.90 Å². The van der Waals surface area contributed by atoms with E-state index in [1.54, 1.807) is 0 Å². The molecule has 0 aromatic rings. The summed E-state index contributed by atoms with van der Waals surface area (Å²) in [5.74, 6) is 0.0673. The molecular formula is C8H10O3. The maximum atomic E-state index is 10.8. The zero-order valence-corrected chi connectivity index (χ0v) is 6.03. The van der Waals surface area contributed by atoms with Crippen LogP contribution in [0, 0.1) is 23.2 Å². The fourth-order valence-corrected chi connectivity index (χ4v) is 3.52. The fraction of sp³-hybridized carbons (Fsp3) is 0.875. The second kappa shape index (κ2) is 1.33. The monoisotopic (exact) mass is 154 g/mol. The molecule has 3 nitrogen and oxygen atoms in total. The van der Waals surface area contributed by atoms with Crippen molar-refractivity contribution < 1.29 is 15.0 Å². The number of hydrogen-bond acceptors (Lipinski definition) is 2. The number of carboxylic acid groups (broad SMARTS) is 1. The zero-order valence-electron chi connectivity index (χ0n) is 6.03. The Morgan fingerprint density at radius 2 is 2.27 bits per heavy atom. The first kappa shape index (κ1) is 6.00. The first-order valence-electron chi connectivity index (χ1n) is 4.09. The van der Waals surface area contributed by atoms with E-state index in [2.05, 4.69) is 0 Å². The maximum Gasteiger partial charge on any atom is 0.310 e. The van der Waals surface area contributed by atoms with Crippen molar-refractivity contribution in [2.45, 2.75) is 18.9 Å². The first-order chi connectivity index (χ1) is 5.18. The van der Waals surface area contributed by atoms with Gasteiger partial charge in [-0.15, -0.1) is 0 Å². The summed E-state index contributed by atoms with van der Waals surface area (Å²) in [4.78, 5) is 10.8. The van der Waals surface area contributed by atoms with Crippen LogP contribution in [0.5, 0.6) is 0 Å². The summed E-state index contributed by atoms with van der Waals surface area (Å²) in [5.41, 5.74) is -0.468. The molecular weight excluding hydrogens is 144 g/mol. The molecule has 0 spiro atoms. The minimum absolute atomic E-state index is 0.116.